The van der Waals surface area contributed by atoms with Gasteiger partial charge in [0.2, 0.25) is 0 Å². The lowest BCUT2D eigenvalue weighted by Crippen LogP contribution is -2.09. The van der Waals surface area contributed by atoms with Crippen molar-refractivity contribution in [1.29, 1.82) is 0 Å². The zero-order valence-electron chi connectivity index (χ0n) is 13.1. The Morgan fingerprint density at radius 3 is 2.08 bits per heavy atom. The van der Waals surface area contributed by atoms with Crippen LogP contribution in [-0.2, 0) is 0 Å². The average molecular weight is 354 g/mol. The molecule has 0 aliphatic rings. The molecule has 0 saturated carbocycles. The summed E-state index contributed by atoms with van der Waals surface area (Å²) >= 11 is 1.41. The van der Waals surface area contributed by atoms with E-state index in [1.807, 2.05) is 6.92 Å². The Bertz CT molecular complexity index is 1130. The van der Waals surface area contributed by atoms with Crippen molar-refractivity contribution in [1.82, 2.24) is 9.97 Å². The van der Waals surface area contributed by atoms with Crippen molar-refractivity contribution in [3.05, 3.63) is 75.4 Å². The number of H-pyrrole nitrogens is 1. The molecule has 1 N–H and O–H groups in total. The molecule has 25 heavy (non-hydrogen) atoms. The minimum Gasteiger partial charge on any atom is -0.306 e. The molecule has 0 fully saturated rings. The topological polar surface area (TPSA) is 45.8 Å². The van der Waals surface area contributed by atoms with E-state index in [1.165, 1.54) is 35.6 Å². The molecule has 0 radical (unpaired) electrons. The Kier molecular flexibility index (Phi) is 3.69. The lowest BCUT2D eigenvalue weighted by molar-refractivity contribution is 0.627. The smallest absolute Gasteiger partial charge is 0.260 e. The first-order valence-corrected chi connectivity index (χ1v) is 8.40. The molecule has 2 heterocycles. The standard InChI is InChI=1S/C19H12F2N2OS/c1-10-15(11-2-6-13(20)7-3-11)16-18(24)22-17(23-19(16)25-10)12-4-8-14(21)9-5-12/h2-9H,1H3,(H,22,23,24). The third-order valence-electron chi connectivity index (χ3n) is 3.99. The van der Waals surface area contributed by atoms with Crippen LogP contribution in [0.4, 0.5) is 8.78 Å². The van der Waals surface area contributed by atoms with E-state index in [0.717, 1.165) is 16.0 Å². The van der Waals surface area contributed by atoms with Crippen LogP contribution in [0.1, 0.15) is 4.88 Å². The van der Waals surface area contributed by atoms with Crippen LogP contribution in [0.25, 0.3) is 32.7 Å². The van der Waals surface area contributed by atoms with E-state index in [9.17, 15) is 13.6 Å². The van der Waals surface area contributed by atoms with E-state index in [-0.39, 0.29) is 17.2 Å². The number of nitrogens with zero attached hydrogens (tertiary/aromatic N) is 1. The summed E-state index contributed by atoms with van der Waals surface area (Å²) in [5, 5.41) is 0.486. The van der Waals surface area contributed by atoms with Crippen molar-refractivity contribution in [3.63, 3.8) is 0 Å². The van der Waals surface area contributed by atoms with Crippen LogP contribution in [-0.4, -0.2) is 9.97 Å². The van der Waals surface area contributed by atoms with Crippen LogP contribution >= 0.6 is 11.3 Å². The highest BCUT2D eigenvalue weighted by molar-refractivity contribution is 7.19. The molecule has 6 heteroatoms. The molecular formula is C19H12F2N2OS. The van der Waals surface area contributed by atoms with Crippen molar-refractivity contribution in [2.45, 2.75) is 6.92 Å². The van der Waals surface area contributed by atoms with Crippen LogP contribution in [0.3, 0.4) is 0 Å². The number of aromatic amines is 1. The minimum absolute atomic E-state index is 0.270. The zero-order chi connectivity index (χ0) is 17.6. The number of halogens is 2. The van der Waals surface area contributed by atoms with Crippen LogP contribution in [0.2, 0.25) is 0 Å². The van der Waals surface area contributed by atoms with Gasteiger partial charge < -0.3 is 4.98 Å². The van der Waals surface area contributed by atoms with Crippen molar-refractivity contribution < 1.29 is 8.78 Å². The van der Waals surface area contributed by atoms with Gasteiger partial charge in [0, 0.05) is 16.0 Å². The number of nitrogens with one attached hydrogen (secondary N) is 1. The van der Waals surface area contributed by atoms with E-state index in [1.54, 1.807) is 24.3 Å². The molecule has 2 aromatic heterocycles. The largest absolute Gasteiger partial charge is 0.306 e. The van der Waals surface area contributed by atoms with Gasteiger partial charge in [-0.3, -0.25) is 4.79 Å². The number of rotatable bonds is 2. The van der Waals surface area contributed by atoms with E-state index in [4.69, 9.17) is 0 Å². The van der Waals surface area contributed by atoms with Crippen LogP contribution < -0.4 is 5.56 Å². The molecule has 4 aromatic rings. The van der Waals surface area contributed by atoms with Crippen molar-refractivity contribution in [3.8, 4) is 22.5 Å². The van der Waals surface area contributed by atoms with E-state index < -0.39 is 0 Å². The maximum atomic E-state index is 13.2. The Morgan fingerprint density at radius 1 is 0.920 bits per heavy atom. The normalized spacial score (nSPS) is 11.2. The fourth-order valence-corrected chi connectivity index (χ4v) is 3.87. The van der Waals surface area contributed by atoms with E-state index in [2.05, 4.69) is 9.97 Å². The van der Waals surface area contributed by atoms with Crippen molar-refractivity contribution in [2.24, 2.45) is 0 Å². The molecule has 0 saturated heterocycles. The summed E-state index contributed by atoms with van der Waals surface area (Å²) in [4.78, 5) is 21.5. The fourth-order valence-electron chi connectivity index (χ4n) is 2.83. The molecule has 0 aliphatic carbocycles. The monoisotopic (exact) mass is 354 g/mol. The SMILES string of the molecule is Cc1sc2nc(-c3ccc(F)cc3)[nH]c(=O)c2c1-c1ccc(F)cc1. The average Bonchev–Trinajstić information content (AvgIpc) is 2.93. The summed E-state index contributed by atoms with van der Waals surface area (Å²) in [5.41, 5.74) is 1.90. The molecule has 4 rings (SSSR count). The molecule has 2 aromatic carbocycles. The molecule has 0 unspecified atom stereocenters. The number of hydrogen-bond acceptors (Lipinski definition) is 3. The van der Waals surface area contributed by atoms with Gasteiger partial charge in [-0.25, -0.2) is 13.8 Å². The second-order valence-corrected chi connectivity index (χ2v) is 6.84. The number of aromatic nitrogens is 2. The first-order valence-electron chi connectivity index (χ1n) is 7.58. The van der Waals surface area contributed by atoms with Crippen LogP contribution in [0.15, 0.2) is 53.3 Å². The summed E-state index contributed by atoms with van der Waals surface area (Å²) in [6.07, 6.45) is 0. The Balaban J connectivity index is 1.93. The minimum atomic E-state index is -0.349. The summed E-state index contributed by atoms with van der Waals surface area (Å²) in [6.45, 7) is 1.90. The Labute approximate surface area is 145 Å². The quantitative estimate of drug-likeness (QED) is 0.556. The van der Waals surface area contributed by atoms with Crippen LogP contribution in [0, 0.1) is 18.6 Å². The maximum Gasteiger partial charge on any atom is 0.260 e. The van der Waals surface area contributed by atoms with Gasteiger partial charge in [0.1, 0.15) is 22.3 Å². The molecule has 0 aliphatic heterocycles. The van der Waals surface area contributed by atoms with Crippen molar-refractivity contribution in [2.75, 3.05) is 0 Å². The predicted octanol–water partition coefficient (Wildman–Crippen LogP) is 4.91. The van der Waals surface area contributed by atoms with Gasteiger partial charge in [-0.15, -0.1) is 11.3 Å². The summed E-state index contributed by atoms with van der Waals surface area (Å²) in [6, 6.07) is 11.8. The first kappa shape index (κ1) is 15.7. The molecule has 0 spiro atoms. The predicted molar refractivity (Wildman–Crippen MR) is 95.8 cm³/mol. The highest BCUT2D eigenvalue weighted by Crippen LogP contribution is 2.36. The van der Waals surface area contributed by atoms with Crippen molar-refractivity contribution >= 4 is 21.6 Å². The van der Waals surface area contributed by atoms with E-state index >= 15 is 0 Å². The third-order valence-corrected chi connectivity index (χ3v) is 4.99. The number of fused-ring (bicyclic) bond motifs is 1. The molecule has 3 nitrogen and oxygen atoms in total. The maximum absolute atomic E-state index is 13.2. The number of benzene rings is 2. The lowest BCUT2D eigenvalue weighted by atomic mass is 10.0. The van der Waals surface area contributed by atoms with Gasteiger partial charge in [-0.05, 0) is 48.9 Å². The van der Waals surface area contributed by atoms with Gasteiger partial charge in [-0.1, -0.05) is 12.1 Å². The second-order valence-electron chi connectivity index (χ2n) is 5.64. The summed E-state index contributed by atoms with van der Waals surface area (Å²) in [7, 11) is 0. The van der Waals surface area contributed by atoms with Crippen LogP contribution in [0.5, 0.6) is 0 Å². The first-order chi connectivity index (χ1) is 12.0. The molecule has 0 atom stereocenters. The number of aryl methyl sites for hydroxylation is 1. The van der Waals surface area contributed by atoms with Gasteiger partial charge in [0.15, 0.2) is 0 Å². The number of hydrogen-bond donors (Lipinski definition) is 1. The van der Waals surface area contributed by atoms with Gasteiger partial charge in [0.05, 0.1) is 5.39 Å². The molecular weight excluding hydrogens is 342 g/mol. The second kappa shape index (κ2) is 5.89. The summed E-state index contributed by atoms with van der Waals surface area (Å²) in [5.74, 6) is -0.284. The summed E-state index contributed by atoms with van der Waals surface area (Å²) < 4.78 is 26.3. The van der Waals surface area contributed by atoms with Gasteiger partial charge >= 0.3 is 0 Å². The highest BCUT2D eigenvalue weighted by Gasteiger charge is 2.17. The zero-order valence-corrected chi connectivity index (χ0v) is 14.0. The number of thiophene rings is 1. The molecule has 0 bridgehead atoms. The highest BCUT2D eigenvalue weighted by atomic mass is 32.1. The molecule has 0 amide bonds. The lowest BCUT2D eigenvalue weighted by Gasteiger charge is -2.03. The Morgan fingerprint density at radius 2 is 1.48 bits per heavy atom. The third kappa shape index (κ3) is 2.74. The van der Waals surface area contributed by atoms with Gasteiger partial charge in [-0.2, -0.15) is 0 Å². The van der Waals surface area contributed by atoms with Gasteiger partial charge in [0.25, 0.3) is 5.56 Å². The fraction of sp³-hybridized carbons (Fsp3) is 0.0526. The Hall–Kier alpha value is -2.86. The van der Waals surface area contributed by atoms with E-state index in [0.29, 0.717) is 21.6 Å². The molecule has 124 valence electrons.